The summed E-state index contributed by atoms with van der Waals surface area (Å²) in [5.74, 6) is 0.215. The van der Waals surface area contributed by atoms with Crippen molar-refractivity contribution < 1.29 is 13.2 Å². The number of ether oxygens (including phenoxy) is 1. The van der Waals surface area contributed by atoms with Crippen LogP contribution in [0.1, 0.15) is 22.8 Å². The zero-order valence-electron chi connectivity index (χ0n) is 12.4. The molecule has 0 spiro atoms. The highest BCUT2D eigenvalue weighted by Gasteiger charge is 2.23. The highest BCUT2D eigenvalue weighted by atomic mass is 32.2. The van der Waals surface area contributed by atoms with Gasteiger partial charge < -0.3 is 4.74 Å². The first kappa shape index (κ1) is 15.5. The van der Waals surface area contributed by atoms with Gasteiger partial charge in [-0.25, -0.2) is 8.42 Å². The number of hydrogen-bond acceptors (Lipinski definition) is 4. The molecular weight excluding hydrogens is 274 g/mol. The lowest BCUT2D eigenvalue weighted by Crippen LogP contribution is -2.40. The molecule has 112 valence electrons. The molecule has 4 nitrogen and oxygen atoms in total. The summed E-state index contributed by atoms with van der Waals surface area (Å²) in [4.78, 5) is 2.18. The van der Waals surface area contributed by atoms with Crippen molar-refractivity contribution in [3.8, 4) is 0 Å². The van der Waals surface area contributed by atoms with Gasteiger partial charge in [0.2, 0.25) is 0 Å². The molecule has 1 aromatic rings. The van der Waals surface area contributed by atoms with Crippen molar-refractivity contribution in [2.75, 3.05) is 38.2 Å². The zero-order valence-corrected chi connectivity index (χ0v) is 13.2. The minimum atomic E-state index is -2.90. The smallest absolute Gasteiger partial charge is 0.148 e. The third-order valence-corrected chi connectivity index (χ3v) is 4.63. The van der Waals surface area contributed by atoms with Crippen LogP contribution in [-0.4, -0.2) is 51.6 Å². The molecule has 1 heterocycles. The summed E-state index contributed by atoms with van der Waals surface area (Å²) in [6, 6.07) is 6.38. The third kappa shape index (κ3) is 4.30. The average molecular weight is 297 g/mol. The lowest BCUT2D eigenvalue weighted by Gasteiger charge is -2.33. The van der Waals surface area contributed by atoms with E-state index < -0.39 is 9.84 Å². The van der Waals surface area contributed by atoms with Gasteiger partial charge in [-0.2, -0.15) is 0 Å². The van der Waals surface area contributed by atoms with Crippen molar-refractivity contribution in [1.82, 2.24) is 4.90 Å². The molecule has 0 bridgehead atoms. The number of sulfone groups is 1. The molecule has 1 saturated heterocycles. The maximum atomic E-state index is 11.3. The van der Waals surface area contributed by atoms with Crippen molar-refractivity contribution in [3.63, 3.8) is 0 Å². The van der Waals surface area contributed by atoms with Crippen LogP contribution in [0.3, 0.4) is 0 Å². The van der Waals surface area contributed by atoms with E-state index in [1.54, 1.807) is 0 Å². The number of rotatable bonds is 4. The maximum Gasteiger partial charge on any atom is 0.148 e. The van der Waals surface area contributed by atoms with Gasteiger partial charge in [0.05, 0.1) is 18.5 Å². The van der Waals surface area contributed by atoms with Crippen LogP contribution in [0.25, 0.3) is 0 Å². The number of morpholine rings is 1. The molecule has 1 aliphatic rings. The van der Waals surface area contributed by atoms with Crippen LogP contribution in [0.2, 0.25) is 0 Å². The van der Waals surface area contributed by atoms with Gasteiger partial charge >= 0.3 is 0 Å². The molecule has 5 heteroatoms. The Balaban J connectivity index is 2.03. The second-order valence-electron chi connectivity index (χ2n) is 5.65. The molecule has 20 heavy (non-hydrogen) atoms. The lowest BCUT2D eigenvalue weighted by molar-refractivity contribution is -0.0282. The van der Waals surface area contributed by atoms with Gasteiger partial charge in [0.15, 0.2) is 0 Å². The van der Waals surface area contributed by atoms with Crippen molar-refractivity contribution in [2.45, 2.75) is 20.0 Å². The van der Waals surface area contributed by atoms with Crippen LogP contribution in [0.4, 0.5) is 0 Å². The predicted molar refractivity (Wildman–Crippen MR) is 80.8 cm³/mol. The van der Waals surface area contributed by atoms with E-state index in [9.17, 15) is 8.42 Å². The van der Waals surface area contributed by atoms with E-state index in [2.05, 4.69) is 36.9 Å². The predicted octanol–water partition coefficient (Wildman–Crippen LogP) is 1.72. The molecule has 0 aliphatic carbocycles. The Kier molecular flexibility index (Phi) is 4.83. The molecule has 0 aromatic heterocycles. The Labute approximate surface area is 121 Å². The van der Waals surface area contributed by atoms with Crippen LogP contribution in [-0.2, 0) is 14.6 Å². The van der Waals surface area contributed by atoms with Crippen LogP contribution < -0.4 is 0 Å². The summed E-state index contributed by atoms with van der Waals surface area (Å²) < 4.78 is 28.4. The molecule has 1 atom stereocenters. The second-order valence-corrected chi connectivity index (χ2v) is 7.91. The summed E-state index contributed by atoms with van der Waals surface area (Å²) in [6.45, 7) is 6.99. The van der Waals surface area contributed by atoms with Crippen LogP contribution in [0, 0.1) is 13.8 Å². The fraction of sp³-hybridized carbons (Fsp3) is 0.600. The molecular formula is C15H23NO3S. The quantitative estimate of drug-likeness (QED) is 0.849. The first-order chi connectivity index (χ1) is 9.35. The molecule has 1 aromatic carbocycles. The van der Waals surface area contributed by atoms with Crippen molar-refractivity contribution in [1.29, 1.82) is 0 Å². The Bertz CT molecular complexity index is 568. The van der Waals surface area contributed by atoms with E-state index in [-0.39, 0.29) is 11.9 Å². The SMILES string of the molecule is Cc1ccc(C2CN(CCS(C)(=O)=O)CCO2)c(C)c1. The molecule has 1 unspecified atom stereocenters. The molecule has 0 radical (unpaired) electrons. The Morgan fingerprint density at radius 2 is 2.10 bits per heavy atom. The van der Waals surface area contributed by atoms with Gasteiger partial charge in [-0.3, -0.25) is 4.90 Å². The fourth-order valence-electron chi connectivity index (χ4n) is 2.58. The molecule has 0 saturated carbocycles. The summed E-state index contributed by atoms with van der Waals surface area (Å²) in [5.41, 5.74) is 3.69. The number of nitrogens with zero attached hydrogens (tertiary/aromatic N) is 1. The van der Waals surface area contributed by atoms with Gasteiger partial charge in [0.25, 0.3) is 0 Å². The highest BCUT2D eigenvalue weighted by Crippen LogP contribution is 2.25. The van der Waals surface area contributed by atoms with Crippen LogP contribution in [0.15, 0.2) is 18.2 Å². The van der Waals surface area contributed by atoms with Crippen molar-refractivity contribution in [2.24, 2.45) is 0 Å². The Morgan fingerprint density at radius 1 is 1.35 bits per heavy atom. The summed E-state index contributed by atoms with van der Waals surface area (Å²) in [6.07, 6.45) is 1.33. The third-order valence-electron chi connectivity index (χ3n) is 3.70. The van der Waals surface area contributed by atoms with Gasteiger partial charge in [-0.15, -0.1) is 0 Å². The summed E-state index contributed by atoms with van der Waals surface area (Å²) in [5, 5.41) is 0. The van der Waals surface area contributed by atoms with Gasteiger partial charge in [-0.05, 0) is 25.0 Å². The van der Waals surface area contributed by atoms with E-state index in [1.807, 2.05) is 0 Å². The van der Waals surface area contributed by atoms with Gasteiger partial charge in [0.1, 0.15) is 9.84 Å². The normalized spacial score (nSPS) is 21.1. The van der Waals surface area contributed by atoms with E-state index >= 15 is 0 Å². The number of benzene rings is 1. The number of aryl methyl sites for hydroxylation is 2. The minimum absolute atomic E-state index is 0.0453. The summed E-state index contributed by atoms with van der Waals surface area (Å²) in [7, 11) is -2.90. The minimum Gasteiger partial charge on any atom is -0.371 e. The van der Waals surface area contributed by atoms with E-state index in [4.69, 9.17) is 4.74 Å². The second kappa shape index (κ2) is 6.24. The van der Waals surface area contributed by atoms with E-state index in [1.165, 1.54) is 22.9 Å². The van der Waals surface area contributed by atoms with E-state index in [0.29, 0.717) is 13.2 Å². The fourth-order valence-corrected chi connectivity index (χ4v) is 3.17. The molecule has 1 aliphatic heterocycles. The van der Waals surface area contributed by atoms with Crippen molar-refractivity contribution >= 4 is 9.84 Å². The maximum absolute atomic E-state index is 11.3. The standard InChI is InChI=1S/C15H23NO3S/c1-12-4-5-14(13(2)10-12)15-11-16(6-8-19-15)7-9-20(3,17)18/h4-5,10,15H,6-9,11H2,1-3H3. The van der Waals surface area contributed by atoms with Crippen molar-refractivity contribution in [3.05, 3.63) is 34.9 Å². The van der Waals surface area contributed by atoms with Crippen LogP contribution >= 0.6 is 0 Å². The summed E-state index contributed by atoms with van der Waals surface area (Å²) >= 11 is 0. The van der Waals surface area contributed by atoms with Crippen LogP contribution in [0.5, 0.6) is 0 Å². The van der Waals surface area contributed by atoms with Gasteiger partial charge in [0, 0.05) is 25.9 Å². The first-order valence-corrected chi connectivity index (χ1v) is 9.00. The molecule has 2 rings (SSSR count). The number of hydrogen-bond donors (Lipinski definition) is 0. The Morgan fingerprint density at radius 3 is 2.75 bits per heavy atom. The largest absolute Gasteiger partial charge is 0.371 e. The van der Waals surface area contributed by atoms with Gasteiger partial charge in [-0.1, -0.05) is 23.8 Å². The highest BCUT2D eigenvalue weighted by molar-refractivity contribution is 7.90. The zero-order chi connectivity index (χ0) is 14.8. The molecule has 0 amide bonds. The first-order valence-electron chi connectivity index (χ1n) is 6.94. The molecule has 0 N–H and O–H groups in total. The van der Waals surface area contributed by atoms with E-state index in [0.717, 1.165) is 13.1 Å². The lowest BCUT2D eigenvalue weighted by atomic mass is 10.00. The topological polar surface area (TPSA) is 46.6 Å². The Hall–Kier alpha value is -0.910. The monoisotopic (exact) mass is 297 g/mol. The average Bonchev–Trinajstić information content (AvgIpc) is 2.36. The molecule has 1 fully saturated rings.